The van der Waals surface area contributed by atoms with Crippen LogP contribution < -0.4 is 11.3 Å². The summed E-state index contributed by atoms with van der Waals surface area (Å²) in [7, 11) is 0. The lowest BCUT2D eigenvalue weighted by Crippen LogP contribution is -2.12. The van der Waals surface area contributed by atoms with Gasteiger partial charge in [0.1, 0.15) is 17.1 Å². The molecule has 144 valence electrons. The Labute approximate surface area is 162 Å². The monoisotopic (exact) mass is 391 g/mol. The largest absolute Gasteiger partial charge is 0.508 e. The van der Waals surface area contributed by atoms with E-state index < -0.39 is 11.9 Å². The van der Waals surface area contributed by atoms with Gasteiger partial charge in [-0.1, -0.05) is 6.07 Å². The Morgan fingerprint density at radius 2 is 1.72 bits per heavy atom. The Bertz CT molecular complexity index is 1320. The van der Waals surface area contributed by atoms with E-state index in [9.17, 15) is 24.6 Å². The van der Waals surface area contributed by atoms with Crippen molar-refractivity contribution >= 4 is 22.9 Å². The zero-order valence-corrected chi connectivity index (χ0v) is 14.7. The summed E-state index contributed by atoms with van der Waals surface area (Å²) in [6, 6.07) is 12.6. The predicted molar refractivity (Wildman–Crippen MR) is 103 cm³/mol. The molecule has 0 saturated heterocycles. The van der Waals surface area contributed by atoms with Gasteiger partial charge < -0.3 is 19.5 Å². The Hall–Kier alpha value is -4.17. The number of aromatic hydroxyl groups is 1. The number of carboxylic acids is 1. The molecule has 1 heterocycles. The summed E-state index contributed by atoms with van der Waals surface area (Å²) < 4.78 is 5.75. The first-order valence-corrected chi connectivity index (χ1v) is 8.37. The van der Waals surface area contributed by atoms with Crippen molar-refractivity contribution in [1.82, 2.24) is 0 Å². The van der Waals surface area contributed by atoms with Crippen molar-refractivity contribution < 1.29 is 29.1 Å². The Morgan fingerprint density at radius 1 is 0.966 bits per heavy atom. The highest BCUT2D eigenvalue weighted by Gasteiger charge is 2.23. The molecule has 0 unspecified atom stereocenters. The van der Waals surface area contributed by atoms with Gasteiger partial charge in [-0.25, -0.2) is 9.59 Å². The van der Waals surface area contributed by atoms with Crippen LogP contribution in [0.3, 0.4) is 0 Å². The summed E-state index contributed by atoms with van der Waals surface area (Å²) >= 11 is 0. The van der Waals surface area contributed by atoms with E-state index in [1.807, 2.05) is 0 Å². The molecular weight excluding hydrogens is 378 g/mol. The van der Waals surface area contributed by atoms with Crippen LogP contribution in [-0.4, -0.2) is 22.2 Å². The van der Waals surface area contributed by atoms with Crippen molar-refractivity contribution in [3.8, 4) is 28.2 Å². The molecule has 4 N–H and O–H groups in total. The molecule has 1 aliphatic heterocycles. The summed E-state index contributed by atoms with van der Waals surface area (Å²) in [5.74, 6) is 2.92. The van der Waals surface area contributed by atoms with E-state index in [1.165, 1.54) is 42.5 Å². The van der Waals surface area contributed by atoms with Crippen LogP contribution in [0, 0.1) is 0 Å². The van der Waals surface area contributed by atoms with Crippen molar-refractivity contribution in [3.63, 3.8) is 0 Å². The molecule has 29 heavy (non-hydrogen) atoms. The van der Waals surface area contributed by atoms with Gasteiger partial charge >= 0.3 is 11.9 Å². The number of phenolic OH excluding ortho intramolecular Hbond substituents is 1. The number of benzene rings is 3. The molecule has 0 radical (unpaired) electrons. The van der Waals surface area contributed by atoms with Gasteiger partial charge in [0.15, 0.2) is 5.43 Å². The summed E-state index contributed by atoms with van der Waals surface area (Å²) in [6.45, 7) is 0. The number of nitrogens with two attached hydrogens (primary N) is 1. The van der Waals surface area contributed by atoms with E-state index in [1.54, 1.807) is 6.07 Å². The molecule has 0 bridgehead atoms. The molecule has 1 aliphatic carbocycles. The Balaban J connectivity index is 2.14. The van der Waals surface area contributed by atoms with Crippen molar-refractivity contribution in [2.24, 2.45) is 5.90 Å². The number of carbonyl (C=O) groups excluding carboxylic acids is 1. The normalized spacial score (nSPS) is 10.9. The molecular formula is C21H13NO7. The maximum absolute atomic E-state index is 11.9. The maximum Gasteiger partial charge on any atom is 0.356 e. The van der Waals surface area contributed by atoms with E-state index in [2.05, 4.69) is 4.84 Å². The number of aromatic carboxylic acids is 1. The second-order valence-electron chi connectivity index (χ2n) is 6.29. The lowest BCUT2D eigenvalue weighted by Gasteiger charge is -2.17. The third-order valence-electron chi connectivity index (χ3n) is 4.54. The second-order valence-corrected chi connectivity index (χ2v) is 6.29. The summed E-state index contributed by atoms with van der Waals surface area (Å²) in [5, 5.41) is 20.1. The van der Waals surface area contributed by atoms with Crippen LogP contribution in [-0.2, 0) is 4.84 Å². The van der Waals surface area contributed by atoms with E-state index in [4.69, 9.17) is 10.3 Å². The minimum absolute atomic E-state index is 0.0256. The van der Waals surface area contributed by atoms with Gasteiger partial charge in [-0.2, -0.15) is 5.90 Å². The van der Waals surface area contributed by atoms with Crippen LogP contribution in [0.1, 0.15) is 20.7 Å². The Kier molecular flexibility index (Phi) is 4.25. The highest BCUT2D eigenvalue weighted by molar-refractivity contribution is 6.08. The molecule has 0 saturated carbocycles. The summed E-state index contributed by atoms with van der Waals surface area (Å²) in [4.78, 5) is 39.6. The fourth-order valence-corrected chi connectivity index (χ4v) is 3.28. The van der Waals surface area contributed by atoms with Crippen LogP contribution >= 0.6 is 0 Å². The number of hydrogen-bond acceptors (Lipinski definition) is 7. The highest BCUT2D eigenvalue weighted by atomic mass is 16.7. The average Bonchev–Trinajstić information content (AvgIpc) is 2.70. The molecule has 2 aromatic rings. The average molecular weight is 391 g/mol. The van der Waals surface area contributed by atoms with Gasteiger partial charge in [-0.05, 0) is 42.0 Å². The van der Waals surface area contributed by atoms with Crippen LogP contribution in [0.15, 0.2) is 63.8 Å². The van der Waals surface area contributed by atoms with Gasteiger partial charge in [-0.15, -0.1) is 0 Å². The quantitative estimate of drug-likeness (QED) is 0.358. The third kappa shape index (κ3) is 3.07. The molecule has 8 heteroatoms. The van der Waals surface area contributed by atoms with E-state index in [-0.39, 0.29) is 33.6 Å². The van der Waals surface area contributed by atoms with Crippen LogP contribution in [0.25, 0.3) is 33.4 Å². The van der Waals surface area contributed by atoms with E-state index >= 15 is 0 Å². The molecule has 8 nitrogen and oxygen atoms in total. The van der Waals surface area contributed by atoms with Crippen molar-refractivity contribution in [3.05, 3.63) is 75.9 Å². The summed E-state index contributed by atoms with van der Waals surface area (Å²) in [6.07, 6.45) is 0. The first-order valence-electron chi connectivity index (χ1n) is 8.37. The Morgan fingerprint density at radius 3 is 2.45 bits per heavy atom. The molecule has 0 spiro atoms. The fraction of sp³-hybridized carbons (Fsp3) is 0. The third-order valence-corrected chi connectivity index (χ3v) is 4.54. The molecule has 2 aliphatic rings. The minimum Gasteiger partial charge on any atom is -0.508 e. The first-order chi connectivity index (χ1) is 13.9. The number of carboxylic acid groups (broad SMARTS) is 1. The molecule has 0 atom stereocenters. The van der Waals surface area contributed by atoms with Crippen LogP contribution in [0.5, 0.6) is 5.75 Å². The zero-order chi connectivity index (χ0) is 20.7. The van der Waals surface area contributed by atoms with Crippen LogP contribution in [0.2, 0.25) is 0 Å². The molecule has 0 amide bonds. The van der Waals surface area contributed by atoms with Gasteiger partial charge in [0, 0.05) is 28.6 Å². The second kappa shape index (κ2) is 6.77. The lowest BCUT2D eigenvalue weighted by molar-refractivity contribution is 0.0503. The van der Waals surface area contributed by atoms with Gasteiger partial charge in [0.2, 0.25) is 0 Å². The number of carbonyl (C=O) groups is 2. The number of phenols is 1. The van der Waals surface area contributed by atoms with E-state index in [0.29, 0.717) is 22.1 Å². The standard InChI is InChI=1S/C21H13NO7/c22-29-21(27)10-1-4-13(16(7-10)20(25)26)19-14-5-2-11(23)8-17(14)28-18-9-12(24)3-6-15(18)19/h1-9,23H,22H2,(H,25,26). The first kappa shape index (κ1) is 18.2. The fourth-order valence-electron chi connectivity index (χ4n) is 3.28. The number of rotatable bonds is 3. The smallest absolute Gasteiger partial charge is 0.356 e. The SMILES string of the molecule is NOC(=O)c1ccc(-c2c3ccc(=O)cc-3oc3cc(O)ccc23)c(C(=O)O)c1. The molecule has 2 aromatic carbocycles. The topological polar surface area (TPSA) is 140 Å². The van der Waals surface area contributed by atoms with Crippen molar-refractivity contribution in [1.29, 1.82) is 0 Å². The number of hydrogen-bond donors (Lipinski definition) is 3. The molecule has 0 aromatic heterocycles. The lowest BCUT2D eigenvalue weighted by atomic mass is 9.90. The van der Waals surface area contributed by atoms with Gasteiger partial charge in [-0.3, -0.25) is 4.79 Å². The predicted octanol–water partition coefficient (Wildman–Crippen LogP) is 3.00. The van der Waals surface area contributed by atoms with Gasteiger partial charge in [0.05, 0.1) is 11.1 Å². The van der Waals surface area contributed by atoms with E-state index in [0.717, 1.165) is 6.07 Å². The maximum atomic E-state index is 11.9. The van der Waals surface area contributed by atoms with Crippen LogP contribution in [0.4, 0.5) is 0 Å². The van der Waals surface area contributed by atoms with Crippen molar-refractivity contribution in [2.45, 2.75) is 0 Å². The zero-order valence-electron chi connectivity index (χ0n) is 14.7. The highest BCUT2D eigenvalue weighted by Crippen LogP contribution is 2.42. The minimum atomic E-state index is -1.27. The summed E-state index contributed by atoms with van der Waals surface area (Å²) in [5.41, 5.74) is 1.06. The van der Waals surface area contributed by atoms with Crippen molar-refractivity contribution in [2.75, 3.05) is 0 Å². The number of fused-ring (bicyclic) bond motifs is 2. The van der Waals surface area contributed by atoms with Gasteiger partial charge in [0.25, 0.3) is 0 Å². The molecule has 0 fully saturated rings. The molecule has 4 rings (SSSR count).